The summed E-state index contributed by atoms with van der Waals surface area (Å²) in [5.41, 5.74) is 3.71. The smallest absolute Gasteiger partial charge is 0.321 e. The second kappa shape index (κ2) is 6.95. The molecule has 0 saturated carbocycles. The van der Waals surface area contributed by atoms with Crippen molar-refractivity contribution in [1.29, 1.82) is 0 Å². The van der Waals surface area contributed by atoms with Crippen molar-refractivity contribution >= 4 is 11.7 Å². The van der Waals surface area contributed by atoms with Crippen molar-refractivity contribution in [2.45, 2.75) is 13.5 Å². The van der Waals surface area contributed by atoms with Crippen molar-refractivity contribution in [1.82, 2.24) is 19.7 Å². The molecule has 0 bridgehead atoms. The Morgan fingerprint density at radius 3 is 2.67 bits per heavy atom. The maximum Gasteiger partial charge on any atom is 0.321 e. The molecule has 24 heavy (non-hydrogen) atoms. The first kappa shape index (κ1) is 15.7. The zero-order valence-corrected chi connectivity index (χ0v) is 13.7. The molecule has 1 N–H and O–H groups in total. The molecule has 0 saturated heterocycles. The number of benzene rings is 1. The number of rotatable bonds is 4. The molecule has 0 atom stereocenters. The van der Waals surface area contributed by atoms with Crippen LogP contribution in [-0.2, 0) is 6.54 Å². The Morgan fingerprint density at radius 1 is 1.17 bits per heavy atom. The average molecular weight is 321 g/mol. The first-order valence-electron chi connectivity index (χ1n) is 7.65. The number of aryl methyl sites for hydroxylation is 1. The molecule has 3 rings (SSSR count). The molecule has 0 fully saturated rings. The van der Waals surface area contributed by atoms with Crippen molar-refractivity contribution in [2.75, 3.05) is 12.4 Å². The van der Waals surface area contributed by atoms with Gasteiger partial charge in [-0.1, -0.05) is 6.07 Å². The lowest BCUT2D eigenvalue weighted by Crippen LogP contribution is -2.30. The van der Waals surface area contributed by atoms with Gasteiger partial charge in [-0.05, 0) is 48.9 Å². The highest BCUT2D eigenvalue weighted by Gasteiger charge is 2.10. The van der Waals surface area contributed by atoms with Crippen LogP contribution in [0.2, 0.25) is 0 Å². The Balaban J connectivity index is 1.69. The van der Waals surface area contributed by atoms with Crippen LogP contribution in [0.25, 0.3) is 5.69 Å². The van der Waals surface area contributed by atoms with Crippen LogP contribution in [-0.4, -0.2) is 32.7 Å². The number of aromatic nitrogens is 3. The van der Waals surface area contributed by atoms with Crippen LogP contribution < -0.4 is 5.32 Å². The highest BCUT2D eigenvalue weighted by molar-refractivity contribution is 5.89. The molecule has 122 valence electrons. The monoisotopic (exact) mass is 321 g/mol. The fourth-order valence-corrected chi connectivity index (χ4v) is 2.41. The van der Waals surface area contributed by atoms with Crippen molar-refractivity contribution in [2.24, 2.45) is 0 Å². The van der Waals surface area contributed by atoms with Gasteiger partial charge in [-0.2, -0.15) is 5.10 Å². The fraction of sp³-hybridized carbons (Fsp3) is 0.167. The van der Waals surface area contributed by atoms with E-state index in [1.165, 1.54) is 0 Å². The van der Waals surface area contributed by atoms with E-state index in [0.29, 0.717) is 6.54 Å². The standard InChI is InChI=1S/C18H19N5O/c1-14-6-11-20-23(14)17-5-3-4-16(12-17)21-18(24)22(2)13-15-7-9-19-10-8-15/h3-12H,13H2,1-2H3,(H,21,24). The van der Waals surface area contributed by atoms with Crippen molar-refractivity contribution in [3.63, 3.8) is 0 Å². The third-order valence-electron chi connectivity index (χ3n) is 3.69. The minimum atomic E-state index is -0.166. The molecule has 0 radical (unpaired) electrons. The van der Waals surface area contributed by atoms with E-state index in [1.807, 2.05) is 54.1 Å². The molecule has 6 heteroatoms. The molecule has 2 amide bonds. The largest absolute Gasteiger partial charge is 0.323 e. The quantitative estimate of drug-likeness (QED) is 0.802. The van der Waals surface area contributed by atoms with E-state index in [4.69, 9.17) is 0 Å². The van der Waals surface area contributed by atoms with E-state index in [-0.39, 0.29) is 6.03 Å². The van der Waals surface area contributed by atoms with Crippen LogP contribution in [0.3, 0.4) is 0 Å². The Morgan fingerprint density at radius 2 is 1.96 bits per heavy atom. The number of nitrogens with zero attached hydrogens (tertiary/aromatic N) is 4. The molecule has 0 aliphatic carbocycles. The number of carbonyl (C=O) groups excluding carboxylic acids is 1. The van der Waals surface area contributed by atoms with Crippen LogP contribution in [0.5, 0.6) is 0 Å². The summed E-state index contributed by atoms with van der Waals surface area (Å²) in [4.78, 5) is 18.0. The summed E-state index contributed by atoms with van der Waals surface area (Å²) >= 11 is 0. The van der Waals surface area contributed by atoms with Crippen molar-refractivity contribution in [3.8, 4) is 5.69 Å². The van der Waals surface area contributed by atoms with Crippen molar-refractivity contribution < 1.29 is 4.79 Å². The van der Waals surface area contributed by atoms with E-state index in [0.717, 1.165) is 22.6 Å². The summed E-state index contributed by atoms with van der Waals surface area (Å²) in [5, 5.41) is 7.20. The van der Waals surface area contributed by atoms with Gasteiger partial charge in [0.15, 0.2) is 0 Å². The highest BCUT2D eigenvalue weighted by Crippen LogP contribution is 2.16. The van der Waals surface area contributed by atoms with Gasteiger partial charge in [0.2, 0.25) is 0 Å². The van der Waals surface area contributed by atoms with Gasteiger partial charge in [-0.3, -0.25) is 4.98 Å². The summed E-state index contributed by atoms with van der Waals surface area (Å²) in [7, 11) is 1.76. The average Bonchev–Trinajstić information content (AvgIpc) is 3.02. The summed E-state index contributed by atoms with van der Waals surface area (Å²) < 4.78 is 1.83. The van der Waals surface area contributed by atoms with Crippen molar-refractivity contribution in [3.05, 3.63) is 72.3 Å². The molecule has 0 unspecified atom stereocenters. The minimum Gasteiger partial charge on any atom is -0.323 e. The molecular formula is C18H19N5O. The molecule has 0 aliphatic rings. The van der Waals surface area contributed by atoms with Gasteiger partial charge in [0, 0.05) is 43.6 Å². The Hall–Kier alpha value is -3.15. The van der Waals surface area contributed by atoms with Crippen LogP contribution >= 0.6 is 0 Å². The van der Waals surface area contributed by atoms with Gasteiger partial charge in [0.25, 0.3) is 0 Å². The van der Waals surface area contributed by atoms with Gasteiger partial charge < -0.3 is 10.2 Å². The third kappa shape index (κ3) is 3.60. The molecule has 0 spiro atoms. The number of anilines is 1. The molecule has 2 heterocycles. The van der Waals surface area contributed by atoms with E-state index < -0.39 is 0 Å². The van der Waals surface area contributed by atoms with Crippen LogP contribution in [0.1, 0.15) is 11.3 Å². The fourth-order valence-electron chi connectivity index (χ4n) is 2.41. The number of hydrogen-bond donors (Lipinski definition) is 1. The highest BCUT2D eigenvalue weighted by atomic mass is 16.2. The zero-order valence-electron chi connectivity index (χ0n) is 13.7. The number of urea groups is 1. The summed E-state index contributed by atoms with van der Waals surface area (Å²) in [5.74, 6) is 0. The lowest BCUT2D eigenvalue weighted by molar-refractivity contribution is 0.220. The summed E-state index contributed by atoms with van der Waals surface area (Å²) in [6.45, 7) is 2.51. The molecule has 3 aromatic rings. The minimum absolute atomic E-state index is 0.166. The molecule has 0 aliphatic heterocycles. The number of carbonyl (C=O) groups is 1. The summed E-state index contributed by atoms with van der Waals surface area (Å²) in [6, 6.07) is 13.2. The Bertz CT molecular complexity index is 828. The van der Waals surface area contributed by atoms with E-state index in [9.17, 15) is 4.79 Å². The Kier molecular flexibility index (Phi) is 4.56. The molecule has 1 aromatic carbocycles. The molecule has 6 nitrogen and oxygen atoms in total. The first-order valence-corrected chi connectivity index (χ1v) is 7.65. The van der Waals surface area contributed by atoms with E-state index in [2.05, 4.69) is 15.4 Å². The lowest BCUT2D eigenvalue weighted by atomic mass is 10.2. The van der Waals surface area contributed by atoms with E-state index in [1.54, 1.807) is 30.5 Å². The zero-order chi connectivity index (χ0) is 16.9. The maximum atomic E-state index is 12.4. The van der Waals surface area contributed by atoms with Gasteiger partial charge in [0.05, 0.1) is 5.69 Å². The van der Waals surface area contributed by atoms with E-state index >= 15 is 0 Å². The van der Waals surface area contributed by atoms with Gasteiger partial charge in [-0.15, -0.1) is 0 Å². The third-order valence-corrected chi connectivity index (χ3v) is 3.69. The van der Waals surface area contributed by atoms with Crippen LogP contribution in [0.4, 0.5) is 10.5 Å². The predicted molar refractivity (Wildman–Crippen MR) is 93.0 cm³/mol. The second-order valence-corrected chi connectivity index (χ2v) is 5.58. The first-order chi connectivity index (χ1) is 11.6. The van der Waals surface area contributed by atoms with Gasteiger partial charge in [0.1, 0.15) is 0 Å². The number of amides is 2. The molecule has 2 aromatic heterocycles. The molecular weight excluding hydrogens is 302 g/mol. The SMILES string of the molecule is Cc1ccnn1-c1cccc(NC(=O)N(C)Cc2ccncc2)c1. The maximum absolute atomic E-state index is 12.4. The van der Waals surface area contributed by atoms with Crippen LogP contribution in [0.15, 0.2) is 61.1 Å². The number of pyridine rings is 1. The Labute approximate surface area is 140 Å². The number of nitrogens with one attached hydrogen (secondary N) is 1. The van der Waals surface area contributed by atoms with Crippen LogP contribution in [0, 0.1) is 6.92 Å². The number of hydrogen-bond acceptors (Lipinski definition) is 3. The predicted octanol–water partition coefficient (Wildman–Crippen LogP) is 3.24. The summed E-state index contributed by atoms with van der Waals surface area (Å²) in [6.07, 6.45) is 5.19. The van der Waals surface area contributed by atoms with Gasteiger partial charge >= 0.3 is 6.03 Å². The normalized spacial score (nSPS) is 10.4. The lowest BCUT2D eigenvalue weighted by Gasteiger charge is -2.18. The van der Waals surface area contributed by atoms with Gasteiger partial charge in [-0.25, -0.2) is 9.48 Å². The topological polar surface area (TPSA) is 63.1 Å². The second-order valence-electron chi connectivity index (χ2n) is 5.58.